The highest BCUT2D eigenvalue weighted by Crippen LogP contribution is 2.39. The summed E-state index contributed by atoms with van der Waals surface area (Å²) in [6.45, 7) is 2.34. The molecule has 2 aliphatic rings. The zero-order valence-electron chi connectivity index (χ0n) is 15.8. The third-order valence-electron chi connectivity index (χ3n) is 5.90. The molecule has 0 spiro atoms. The van der Waals surface area contributed by atoms with E-state index in [1.807, 2.05) is 6.20 Å². The summed E-state index contributed by atoms with van der Waals surface area (Å²) in [4.78, 5) is 0. The van der Waals surface area contributed by atoms with Crippen molar-refractivity contribution in [3.63, 3.8) is 0 Å². The number of halogens is 1. The maximum absolute atomic E-state index is 5.99. The monoisotopic (exact) mass is 487 g/mol. The van der Waals surface area contributed by atoms with Crippen LogP contribution in [-0.4, -0.2) is 29.6 Å². The molecule has 28 heavy (non-hydrogen) atoms. The minimum absolute atomic E-state index is 0.0656. The molecule has 0 N–H and O–H groups in total. The van der Waals surface area contributed by atoms with Crippen LogP contribution in [0, 0.1) is 9.49 Å². The van der Waals surface area contributed by atoms with Gasteiger partial charge in [-0.15, -0.1) is 0 Å². The zero-order chi connectivity index (χ0) is 18.9. The Hall–Kier alpha value is -1.44. The normalized spacial score (nSPS) is 23.9. The second-order valence-electron chi connectivity index (χ2n) is 7.65. The Bertz CT molecular complexity index is 947. The molecule has 3 heterocycles. The van der Waals surface area contributed by atoms with Crippen LogP contribution >= 0.6 is 22.6 Å². The number of aromatic nitrogens is 2. The van der Waals surface area contributed by atoms with Gasteiger partial charge in [0.25, 0.3) is 0 Å². The van der Waals surface area contributed by atoms with E-state index in [2.05, 4.69) is 74.8 Å². The number of nitrogens with zero attached hydrogens (tertiary/aromatic N) is 2. The predicted molar refractivity (Wildman–Crippen MR) is 118 cm³/mol. The molecule has 2 atom stereocenters. The van der Waals surface area contributed by atoms with Crippen LogP contribution in [0.5, 0.6) is 0 Å². The molecule has 0 aliphatic carbocycles. The lowest BCUT2D eigenvalue weighted by Crippen LogP contribution is -2.25. The smallest absolute Gasteiger partial charge is 0.150 e. The minimum Gasteiger partial charge on any atom is -0.380 e. The Balaban J connectivity index is 1.50. The number of fused-ring (bicyclic) bond motifs is 1. The second kappa shape index (κ2) is 8.13. The first-order valence-electron chi connectivity index (χ1n) is 10.1. The fourth-order valence-corrected chi connectivity index (χ4v) is 4.75. The van der Waals surface area contributed by atoms with Gasteiger partial charge in [-0.3, -0.25) is 0 Å². The van der Waals surface area contributed by atoms with Crippen LogP contribution in [0.15, 0.2) is 48.7 Å². The Morgan fingerprint density at radius 2 is 1.89 bits per heavy atom. The Morgan fingerprint density at radius 3 is 2.71 bits per heavy atom. The molecular weight excluding hydrogens is 463 g/mol. The molecule has 2 aliphatic heterocycles. The van der Waals surface area contributed by atoms with Gasteiger partial charge >= 0.3 is 0 Å². The molecule has 145 valence electrons. The second-order valence-corrected chi connectivity index (χ2v) is 8.90. The van der Waals surface area contributed by atoms with Crippen LogP contribution < -0.4 is 0 Å². The molecule has 0 saturated carbocycles. The number of hydrogen-bond donors (Lipinski definition) is 0. The van der Waals surface area contributed by atoms with Crippen LogP contribution in [-0.2, 0) is 9.47 Å². The van der Waals surface area contributed by atoms with Crippen LogP contribution in [0.25, 0.3) is 10.9 Å². The van der Waals surface area contributed by atoms with Crippen molar-refractivity contribution >= 4 is 33.5 Å². The van der Waals surface area contributed by atoms with E-state index in [4.69, 9.17) is 9.47 Å². The van der Waals surface area contributed by atoms with Gasteiger partial charge < -0.3 is 9.47 Å². The van der Waals surface area contributed by atoms with Gasteiger partial charge in [-0.25, -0.2) is 4.68 Å². The lowest BCUT2D eigenvalue weighted by Gasteiger charge is -2.32. The largest absolute Gasteiger partial charge is 0.380 e. The van der Waals surface area contributed by atoms with Crippen molar-refractivity contribution in [2.45, 2.75) is 37.8 Å². The third kappa shape index (κ3) is 3.60. The maximum Gasteiger partial charge on any atom is 0.150 e. The summed E-state index contributed by atoms with van der Waals surface area (Å²) >= 11 is 2.36. The van der Waals surface area contributed by atoms with E-state index in [1.165, 1.54) is 37.9 Å². The summed E-state index contributed by atoms with van der Waals surface area (Å²) in [5.41, 5.74) is 3.81. The van der Waals surface area contributed by atoms with E-state index in [0.29, 0.717) is 12.5 Å². The first kappa shape index (κ1) is 18.6. The molecule has 3 aromatic rings. The van der Waals surface area contributed by atoms with Crippen LogP contribution in [0.3, 0.4) is 0 Å². The molecule has 0 bridgehead atoms. The van der Waals surface area contributed by atoms with E-state index in [9.17, 15) is 0 Å². The summed E-state index contributed by atoms with van der Waals surface area (Å²) < 4.78 is 15.2. The van der Waals surface area contributed by atoms with Crippen molar-refractivity contribution in [2.24, 2.45) is 0 Å². The molecule has 0 amide bonds. The Kier molecular flexibility index (Phi) is 5.39. The Morgan fingerprint density at radius 1 is 1.00 bits per heavy atom. The predicted octanol–water partition coefficient (Wildman–Crippen LogP) is 5.47. The molecule has 1 radical (unpaired) electrons. The summed E-state index contributed by atoms with van der Waals surface area (Å²) in [5, 5.41) is 5.83. The topological polar surface area (TPSA) is 36.3 Å². The summed E-state index contributed by atoms with van der Waals surface area (Å²) in [6, 6.07) is 15.6. The van der Waals surface area contributed by atoms with Crippen molar-refractivity contribution in [3.8, 4) is 0 Å². The van der Waals surface area contributed by atoms with E-state index in [0.717, 1.165) is 32.5 Å². The zero-order valence-corrected chi connectivity index (χ0v) is 18.0. The van der Waals surface area contributed by atoms with Gasteiger partial charge in [0.15, 0.2) is 6.23 Å². The molecule has 5 rings (SSSR count). The average Bonchev–Trinajstić information content (AvgIpc) is 3.18. The van der Waals surface area contributed by atoms with Gasteiger partial charge in [-0.1, -0.05) is 24.3 Å². The number of hydrogen-bond acceptors (Lipinski definition) is 3. The highest BCUT2D eigenvalue weighted by Gasteiger charge is 2.30. The fourth-order valence-electron chi connectivity index (χ4n) is 4.39. The van der Waals surface area contributed by atoms with Crippen molar-refractivity contribution < 1.29 is 9.47 Å². The van der Waals surface area contributed by atoms with Crippen molar-refractivity contribution in [2.75, 3.05) is 19.8 Å². The van der Waals surface area contributed by atoms with E-state index in [-0.39, 0.29) is 6.23 Å². The highest BCUT2D eigenvalue weighted by atomic mass is 127. The molecule has 2 unspecified atom stereocenters. The summed E-state index contributed by atoms with van der Waals surface area (Å²) in [7, 11) is 0. The SMILES string of the molecule is Ic1ccc([C]2COCCC2c2ccc3cnn(C4CCCCO4)c3c2)cc1. The summed E-state index contributed by atoms with van der Waals surface area (Å²) in [6.07, 6.45) is 6.44. The van der Waals surface area contributed by atoms with Crippen molar-refractivity contribution in [3.05, 3.63) is 69.3 Å². The molecule has 5 heteroatoms. The standard InChI is InChI=1S/C23H24IN2O2/c24-19-8-6-16(7-9-19)21-15-27-12-10-20(21)17-4-5-18-14-25-26(22(18)13-17)23-3-1-2-11-28-23/h4-9,13-14,20,23H,1-3,10-12,15H2. The van der Waals surface area contributed by atoms with Gasteiger partial charge in [0.05, 0.1) is 18.3 Å². The third-order valence-corrected chi connectivity index (χ3v) is 6.62. The van der Waals surface area contributed by atoms with Gasteiger partial charge in [0.2, 0.25) is 0 Å². The quantitative estimate of drug-likeness (QED) is 0.460. The molecule has 1 aromatic heterocycles. The van der Waals surface area contributed by atoms with Crippen molar-refractivity contribution in [1.82, 2.24) is 9.78 Å². The molecule has 2 fully saturated rings. The Labute approximate surface area is 179 Å². The molecular formula is C23H24IN2O2. The number of ether oxygens (including phenoxy) is 2. The number of rotatable bonds is 3. The van der Waals surface area contributed by atoms with Crippen LogP contribution in [0.1, 0.15) is 49.0 Å². The lowest BCUT2D eigenvalue weighted by molar-refractivity contribution is -0.0366. The first-order chi connectivity index (χ1) is 13.8. The average molecular weight is 487 g/mol. The molecule has 2 aromatic carbocycles. The minimum atomic E-state index is 0.0656. The highest BCUT2D eigenvalue weighted by molar-refractivity contribution is 14.1. The van der Waals surface area contributed by atoms with Crippen LogP contribution in [0.2, 0.25) is 0 Å². The van der Waals surface area contributed by atoms with Crippen molar-refractivity contribution in [1.29, 1.82) is 0 Å². The molecule has 4 nitrogen and oxygen atoms in total. The summed E-state index contributed by atoms with van der Waals surface area (Å²) in [5.74, 6) is 1.76. The fraction of sp³-hybridized carbons (Fsp3) is 0.391. The van der Waals surface area contributed by atoms with Gasteiger partial charge in [-0.2, -0.15) is 5.10 Å². The van der Waals surface area contributed by atoms with E-state index in [1.54, 1.807) is 0 Å². The molecule has 2 saturated heterocycles. The number of benzene rings is 2. The maximum atomic E-state index is 5.99. The van der Waals surface area contributed by atoms with Crippen LogP contribution in [0.4, 0.5) is 0 Å². The lowest BCUT2D eigenvalue weighted by atomic mass is 9.78. The van der Waals surface area contributed by atoms with Gasteiger partial charge in [0.1, 0.15) is 0 Å². The van der Waals surface area contributed by atoms with E-state index < -0.39 is 0 Å². The van der Waals surface area contributed by atoms with Gasteiger partial charge in [0, 0.05) is 28.1 Å². The van der Waals surface area contributed by atoms with Gasteiger partial charge in [-0.05, 0) is 83.5 Å². The van der Waals surface area contributed by atoms with E-state index >= 15 is 0 Å². The first-order valence-corrected chi connectivity index (χ1v) is 11.2.